The fraction of sp³-hybridized carbons (Fsp3) is 0.300. The van der Waals surface area contributed by atoms with Crippen LogP contribution in [0.4, 0.5) is 8.78 Å². The highest BCUT2D eigenvalue weighted by molar-refractivity contribution is 5.80. The van der Waals surface area contributed by atoms with E-state index in [1.165, 1.54) is 0 Å². The maximum atomic E-state index is 14.3. The van der Waals surface area contributed by atoms with Gasteiger partial charge in [0.25, 0.3) is 0 Å². The summed E-state index contributed by atoms with van der Waals surface area (Å²) >= 11 is 0. The van der Waals surface area contributed by atoms with Crippen molar-refractivity contribution in [1.82, 2.24) is 0 Å². The SMILES string of the molecule is [N-]=[N+]=NCc1c(F)c(CN=[N+]=[N-])c(C=O)c(CN=[N+]=[N-])c1F. The first-order chi connectivity index (χ1) is 10.6. The number of carbonyl (C=O) groups excluding carboxylic acids is 1. The van der Waals surface area contributed by atoms with Crippen LogP contribution in [0.3, 0.4) is 0 Å². The lowest BCUT2D eigenvalue weighted by Gasteiger charge is -2.14. The number of hydrogen-bond donors (Lipinski definition) is 0. The summed E-state index contributed by atoms with van der Waals surface area (Å²) in [6.07, 6.45) is 0.175. The van der Waals surface area contributed by atoms with Crippen molar-refractivity contribution in [2.24, 2.45) is 15.3 Å². The topological polar surface area (TPSA) is 163 Å². The Bertz CT molecular complexity index is 696. The molecule has 0 saturated carbocycles. The quantitative estimate of drug-likeness (QED) is 0.313. The van der Waals surface area contributed by atoms with E-state index in [1.807, 2.05) is 0 Å². The first-order valence-corrected chi connectivity index (χ1v) is 5.61. The van der Waals surface area contributed by atoms with Crippen LogP contribution in [0.15, 0.2) is 15.3 Å². The Hall–Kier alpha value is -3.32. The summed E-state index contributed by atoms with van der Waals surface area (Å²) in [5.74, 6) is -2.30. The van der Waals surface area contributed by atoms with E-state index in [-0.39, 0.29) is 17.4 Å². The van der Waals surface area contributed by atoms with E-state index < -0.39 is 42.4 Å². The lowest BCUT2D eigenvalue weighted by atomic mass is 9.96. The Kier molecular flexibility index (Phi) is 6.14. The molecule has 0 aliphatic carbocycles. The van der Waals surface area contributed by atoms with Gasteiger partial charge in [0.1, 0.15) is 11.6 Å². The van der Waals surface area contributed by atoms with Crippen molar-refractivity contribution < 1.29 is 13.6 Å². The van der Waals surface area contributed by atoms with Crippen LogP contribution < -0.4 is 0 Å². The molecule has 22 heavy (non-hydrogen) atoms. The van der Waals surface area contributed by atoms with Gasteiger partial charge in [0.15, 0.2) is 6.29 Å². The highest BCUT2D eigenvalue weighted by Crippen LogP contribution is 2.27. The van der Waals surface area contributed by atoms with E-state index in [0.717, 1.165) is 0 Å². The molecule has 0 saturated heterocycles. The molecule has 0 atom stereocenters. The van der Waals surface area contributed by atoms with Crippen LogP contribution in [0.25, 0.3) is 31.3 Å². The molecule has 0 heterocycles. The van der Waals surface area contributed by atoms with Gasteiger partial charge in [-0.1, -0.05) is 15.3 Å². The largest absolute Gasteiger partial charge is 0.298 e. The fourth-order valence-electron chi connectivity index (χ4n) is 1.78. The molecule has 0 amide bonds. The van der Waals surface area contributed by atoms with Crippen molar-refractivity contribution >= 4 is 6.29 Å². The third-order valence-electron chi connectivity index (χ3n) is 2.70. The lowest BCUT2D eigenvalue weighted by Crippen LogP contribution is -2.10. The van der Waals surface area contributed by atoms with E-state index in [0.29, 0.717) is 0 Å². The van der Waals surface area contributed by atoms with Gasteiger partial charge >= 0.3 is 0 Å². The van der Waals surface area contributed by atoms with Gasteiger partial charge in [0.2, 0.25) is 0 Å². The second kappa shape index (κ2) is 8.08. The molecule has 0 radical (unpaired) electrons. The van der Waals surface area contributed by atoms with E-state index in [4.69, 9.17) is 16.6 Å². The Morgan fingerprint density at radius 2 is 1.18 bits per heavy atom. The minimum Gasteiger partial charge on any atom is -0.298 e. The van der Waals surface area contributed by atoms with Gasteiger partial charge in [-0.2, -0.15) is 0 Å². The van der Waals surface area contributed by atoms with Gasteiger partial charge in [-0.25, -0.2) is 8.78 Å². The second-order valence-corrected chi connectivity index (χ2v) is 3.76. The minimum atomic E-state index is -1.15. The molecular formula is C10H7F2N9O. The highest BCUT2D eigenvalue weighted by Gasteiger charge is 2.23. The Morgan fingerprint density at radius 3 is 1.50 bits per heavy atom. The van der Waals surface area contributed by atoms with Crippen LogP contribution in [-0.4, -0.2) is 6.29 Å². The van der Waals surface area contributed by atoms with Crippen LogP contribution >= 0.6 is 0 Å². The molecular weight excluding hydrogens is 300 g/mol. The molecule has 0 spiro atoms. The van der Waals surface area contributed by atoms with Crippen LogP contribution in [0.5, 0.6) is 0 Å². The zero-order chi connectivity index (χ0) is 16.5. The summed E-state index contributed by atoms with van der Waals surface area (Å²) < 4.78 is 28.5. The average molecular weight is 307 g/mol. The number of benzene rings is 1. The van der Waals surface area contributed by atoms with Crippen molar-refractivity contribution in [3.8, 4) is 0 Å². The maximum absolute atomic E-state index is 14.3. The summed E-state index contributed by atoms with van der Waals surface area (Å²) in [5, 5.41) is 9.34. The number of nitrogens with zero attached hydrogens (tertiary/aromatic N) is 9. The van der Waals surface area contributed by atoms with E-state index in [1.54, 1.807) is 0 Å². The average Bonchev–Trinajstić information content (AvgIpc) is 2.52. The summed E-state index contributed by atoms with van der Waals surface area (Å²) in [5.41, 5.74) is 23.1. The number of azide groups is 3. The van der Waals surface area contributed by atoms with E-state index in [9.17, 15) is 13.6 Å². The molecule has 0 aliphatic rings. The Balaban J connectivity index is 3.71. The Labute approximate surface area is 121 Å². The lowest BCUT2D eigenvalue weighted by molar-refractivity contribution is 0.112. The number of halogens is 2. The normalized spacial score (nSPS) is 9.18. The third-order valence-corrected chi connectivity index (χ3v) is 2.70. The fourth-order valence-corrected chi connectivity index (χ4v) is 1.78. The van der Waals surface area contributed by atoms with Crippen LogP contribution in [-0.2, 0) is 19.6 Å². The van der Waals surface area contributed by atoms with Crippen molar-refractivity contribution in [3.63, 3.8) is 0 Å². The van der Waals surface area contributed by atoms with Crippen LogP contribution in [0, 0.1) is 11.6 Å². The Morgan fingerprint density at radius 1 is 0.818 bits per heavy atom. The molecule has 0 unspecified atom stereocenters. The second-order valence-electron chi connectivity index (χ2n) is 3.76. The van der Waals surface area contributed by atoms with Crippen LogP contribution in [0.2, 0.25) is 0 Å². The van der Waals surface area contributed by atoms with E-state index >= 15 is 0 Å². The van der Waals surface area contributed by atoms with Crippen molar-refractivity contribution in [2.45, 2.75) is 19.6 Å². The summed E-state index contributed by atoms with van der Waals surface area (Å²) in [7, 11) is 0. The van der Waals surface area contributed by atoms with Crippen molar-refractivity contribution in [1.29, 1.82) is 0 Å². The standard InChI is InChI=1S/C10H7F2N9O/c11-9-5(1-16-19-13)8(4-22)6(2-17-20-14)10(12)7(9)3-18-21-15/h4H,1-3H2. The molecule has 0 bridgehead atoms. The first kappa shape index (κ1) is 16.7. The first-order valence-electron chi connectivity index (χ1n) is 5.61. The van der Waals surface area contributed by atoms with E-state index in [2.05, 4.69) is 30.1 Å². The van der Waals surface area contributed by atoms with Gasteiger partial charge in [-0.05, 0) is 16.6 Å². The van der Waals surface area contributed by atoms with Gasteiger partial charge in [-0.3, -0.25) is 4.79 Å². The van der Waals surface area contributed by atoms with Gasteiger partial charge in [-0.15, -0.1) is 0 Å². The zero-order valence-electron chi connectivity index (χ0n) is 10.9. The molecule has 1 aromatic rings. The predicted molar refractivity (Wildman–Crippen MR) is 70.3 cm³/mol. The molecule has 1 aromatic carbocycles. The molecule has 10 nitrogen and oxygen atoms in total. The zero-order valence-corrected chi connectivity index (χ0v) is 10.9. The summed E-state index contributed by atoms with van der Waals surface area (Å²) in [6.45, 7) is -1.76. The smallest absolute Gasteiger partial charge is 0.150 e. The highest BCUT2D eigenvalue weighted by atomic mass is 19.1. The monoisotopic (exact) mass is 307 g/mol. The number of aldehydes is 1. The molecule has 0 fully saturated rings. The molecule has 112 valence electrons. The number of rotatable bonds is 7. The third kappa shape index (κ3) is 3.41. The van der Waals surface area contributed by atoms with Crippen molar-refractivity contribution in [2.75, 3.05) is 0 Å². The molecule has 0 N–H and O–H groups in total. The van der Waals surface area contributed by atoms with Gasteiger partial charge in [0, 0.05) is 37.0 Å². The van der Waals surface area contributed by atoms with Crippen LogP contribution in [0.1, 0.15) is 27.0 Å². The molecule has 12 heteroatoms. The summed E-state index contributed by atoms with van der Waals surface area (Å²) in [6, 6.07) is 0. The van der Waals surface area contributed by atoms with Gasteiger partial charge in [0.05, 0.1) is 19.6 Å². The minimum absolute atomic E-state index is 0.175. The maximum Gasteiger partial charge on any atom is 0.150 e. The molecule has 0 aliphatic heterocycles. The molecule has 1 rings (SSSR count). The summed E-state index contributed by atoms with van der Waals surface area (Å²) in [4.78, 5) is 18.4. The van der Waals surface area contributed by atoms with Crippen molar-refractivity contribution in [3.05, 3.63) is 65.2 Å². The van der Waals surface area contributed by atoms with Gasteiger partial charge < -0.3 is 0 Å². The number of hydrogen-bond acceptors (Lipinski definition) is 4. The number of carbonyl (C=O) groups is 1. The predicted octanol–water partition coefficient (Wildman–Crippen LogP) is 4.21. The molecule has 0 aromatic heterocycles.